The van der Waals surface area contributed by atoms with Crippen molar-refractivity contribution < 1.29 is 9.21 Å². The predicted molar refractivity (Wildman–Crippen MR) is 85.7 cm³/mol. The molecule has 0 aliphatic carbocycles. The lowest BCUT2D eigenvalue weighted by Gasteiger charge is -2.18. The fourth-order valence-corrected chi connectivity index (χ4v) is 2.70. The minimum atomic E-state index is -0.0531. The highest BCUT2D eigenvalue weighted by Crippen LogP contribution is 2.26. The zero-order valence-electron chi connectivity index (χ0n) is 12.5. The van der Waals surface area contributed by atoms with Crippen LogP contribution in [-0.2, 0) is 4.79 Å². The molecule has 0 saturated carbocycles. The second-order valence-electron chi connectivity index (χ2n) is 5.58. The summed E-state index contributed by atoms with van der Waals surface area (Å²) in [5.41, 5.74) is 6.64. The number of nitrogens with zero attached hydrogens (tertiary/aromatic N) is 3. The Hall–Kier alpha value is -3.02. The summed E-state index contributed by atoms with van der Waals surface area (Å²) in [6, 6.07) is 9.50. The molecule has 0 radical (unpaired) electrons. The fourth-order valence-electron chi connectivity index (χ4n) is 2.70. The zero-order valence-corrected chi connectivity index (χ0v) is 12.5. The topological polar surface area (TPSA) is 80.4 Å². The number of hydrogen-bond donors (Lipinski definition) is 1. The normalized spacial score (nSPS) is 17.9. The van der Waals surface area contributed by atoms with Crippen molar-refractivity contribution in [3.63, 3.8) is 0 Å². The van der Waals surface area contributed by atoms with E-state index in [1.54, 1.807) is 12.4 Å². The molecule has 1 aliphatic rings. The summed E-state index contributed by atoms with van der Waals surface area (Å²) in [4.78, 5) is 20.0. The number of carbonyl (C=O) groups is 1. The smallest absolute Gasteiger partial charge is 0.240 e. The largest absolute Gasteiger partial charge is 0.436 e. The van der Waals surface area contributed by atoms with E-state index in [1.807, 2.05) is 37.3 Å². The molecule has 114 valence electrons. The number of fused-ring (bicyclic) bond motifs is 1. The van der Waals surface area contributed by atoms with E-state index in [1.165, 1.54) is 0 Å². The lowest BCUT2D eigenvalue weighted by atomic mass is 9.94. The Morgan fingerprint density at radius 3 is 2.96 bits per heavy atom. The van der Waals surface area contributed by atoms with Crippen molar-refractivity contribution in [3.05, 3.63) is 48.3 Å². The van der Waals surface area contributed by atoms with Gasteiger partial charge in [-0.3, -0.25) is 9.78 Å². The first-order chi connectivity index (χ1) is 11.2. The molecule has 1 N–H and O–H groups in total. The molecule has 3 aromatic rings. The molecule has 0 spiro atoms. The molecule has 2 aromatic heterocycles. The number of benzene rings is 1. The van der Waals surface area contributed by atoms with Gasteiger partial charge in [-0.05, 0) is 30.3 Å². The molecule has 6 heteroatoms. The second-order valence-corrected chi connectivity index (χ2v) is 5.58. The first-order valence-electron chi connectivity index (χ1n) is 7.38. The minimum absolute atomic E-state index is 0.0531. The van der Waals surface area contributed by atoms with Crippen molar-refractivity contribution in [1.82, 2.24) is 15.4 Å². The molecule has 1 aliphatic heterocycles. The molecular formula is C17H14N4O2. The minimum Gasteiger partial charge on any atom is -0.436 e. The van der Waals surface area contributed by atoms with Crippen LogP contribution in [0.1, 0.15) is 18.9 Å². The van der Waals surface area contributed by atoms with E-state index in [-0.39, 0.29) is 11.8 Å². The van der Waals surface area contributed by atoms with Gasteiger partial charge in [0.1, 0.15) is 5.52 Å². The van der Waals surface area contributed by atoms with Crippen LogP contribution in [0.15, 0.2) is 52.2 Å². The van der Waals surface area contributed by atoms with E-state index in [2.05, 4.69) is 20.5 Å². The Morgan fingerprint density at radius 2 is 2.17 bits per heavy atom. The SMILES string of the molecule is CC1CC(=O)NN=C1c1ccc2oc(-c3cccnc3)nc2c1. The van der Waals surface area contributed by atoms with E-state index >= 15 is 0 Å². The second kappa shape index (κ2) is 5.31. The van der Waals surface area contributed by atoms with Crippen molar-refractivity contribution in [2.45, 2.75) is 13.3 Å². The molecule has 6 nitrogen and oxygen atoms in total. The third-order valence-electron chi connectivity index (χ3n) is 3.85. The summed E-state index contributed by atoms with van der Waals surface area (Å²) in [7, 11) is 0. The number of aromatic nitrogens is 2. The molecule has 1 aromatic carbocycles. The average Bonchev–Trinajstić information content (AvgIpc) is 2.99. The van der Waals surface area contributed by atoms with Crippen LogP contribution in [0.2, 0.25) is 0 Å². The van der Waals surface area contributed by atoms with Crippen LogP contribution >= 0.6 is 0 Å². The molecule has 4 rings (SSSR count). The zero-order chi connectivity index (χ0) is 15.8. The van der Waals surface area contributed by atoms with Gasteiger partial charge < -0.3 is 4.42 Å². The molecule has 0 bridgehead atoms. The fraction of sp³-hybridized carbons (Fsp3) is 0.176. The highest BCUT2D eigenvalue weighted by atomic mass is 16.3. The average molecular weight is 306 g/mol. The molecule has 1 amide bonds. The highest BCUT2D eigenvalue weighted by molar-refractivity contribution is 6.07. The standard InChI is InChI=1S/C17H14N4O2/c1-10-7-15(22)20-21-16(10)11-4-5-14-13(8-11)19-17(23-14)12-3-2-6-18-9-12/h2-6,8-10H,7H2,1H3,(H,20,22). The molecule has 3 heterocycles. The van der Waals surface area contributed by atoms with Gasteiger partial charge >= 0.3 is 0 Å². The first-order valence-corrected chi connectivity index (χ1v) is 7.38. The van der Waals surface area contributed by atoms with Crippen molar-refractivity contribution in [1.29, 1.82) is 0 Å². The van der Waals surface area contributed by atoms with Gasteiger partial charge in [0, 0.05) is 30.3 Å². The summed E-state index contributed by atoms with van der Waals surface area (Å²) in [5.74, 6) is 0.561. The number of oxazole rings is 1. The third-order valence-corrected chi connectivity index (χ3v) is 3.85. The quantitative estimate of drug-likeness (QED) is 0.789. The molecule has 0 saturated heterocycles. The molecule has 1 atom stereocenters. The Kier molecular flexibility index (Phi) is 3.15. The van der Waals surface area contributed by atoms with E-state index in [4.69, 9.17) is 4.42 Å². The van der Waals surface area contributed by atoms with E-state index in [9.17, 15) is 4.79 Å². The maximum absolute atomic E-state index is 11.4. The van der Waals surface area contributed by atoms with Crippen LogP contribution in [0.25, 0.3) is 22.6 Å². The Bertz CT molecular complexity index is 915. The van der Waals surface area contributed by atoms with Gasteiger partial charge in [0.05, 0.1) is 11.3 Å². The van der Waals surface area contributed by atoms with Crippen LogP contribution in [0.3, 0.4) is 0 Å². The molecule has 1 unspecified atom stereocenters. The Labute approximate surface area is 132 Å². The van der Waals surface area contributed by atoms with Crippen LogP contribution in [0.5, 0.6) is 0 Å². The highest BCUT2D eigenvalue weighted by Gasteiger charge is 2.22. The number of nitrogens with one attached hydrogen (secondary N) is 1. The lowest BCUT2D eigenvalue weighted by Crippen LogP contribution is -2.31. The Balaban J connectivity index is 1.75. The summed E-state index contributed by atoms with van der Waals surface area (Å²) in [6.07, 6.45) is 3.87. The number of carbonyl (C=O) groups excluding carboxylic acids is 1. The van der Waals surface area contributed by atoms with E-state index < -0.39 is 0 Å². The van der Waals surface area contributed by atoms with Crippen LogP contribution in [0, 0.1) is 5.92 Å². The number of rotatable bonds is 2. The van der Waals surface area contributed by atoms with Crippen molar-refractivity contribution in [2.24, 2.45) is 11.0 Å². The van der Waals surface area contributed by atoms with E-state index in [0.29, 0.717) is 17.9 Å². The van der Waals surface area contributed by atoms with Crippen LogP contribution in [-0.4, -0.2) is 21.6 Å². The van der Waals surface area contributed by atoms with Crippen molar-refractivity contribution in [3.8, 4) is 11.5 Å². The molecule has 23 heavy (non-hydrogen) atoms. The van der Waals surface area contributed by atoms with Crippen LogP contribution in [0.4, 0.5) is 0 Å². The van der Waals surface area contributed by atoms with Gasteiger partial charge in [-0.1, -0.05) is 6.92 Å². The molecular weight excluding hydrogens is 292 g/mol. The molecule has 0 fully saturated rings. The van der Waals surface area contributed by atoms with Gasteiger partial charge in [0.2, 0.25) is 11.8 Å². The lowest BCUT2D eigenvalue weighted by molar-refractivity contribution is -0.121. The number of amides is 1. The number of pyridine rings is 1. The maximum Gasteiger partial charge on any atom is 0.240 e. The summed E-state index contributed by atoms with van der Waals surface area (Å²) >= 11 is 0. The van der Waals surface area contributed by atoms with Crippen LogP contribution < -0.4 is 5.43 Å². The first kappa shape index (κ1) is 13.6. The maximum atomic E-state index is 11.4. The van der Waals surface area contributed by atoms with Gasteiger partial charge in [-0.25, -0.2) is 10.4 Å². The van der Waals surface area contributed by atoms with Gasteiger partial charge in [-0.2, -0.15) is 5.10 Å². The van der Waals surface area contributed by atoms with Gasteiger partial charge in [-0.15, -0.1) is 0 Å². The monoisotopic (exact) mass is 306 g/mol. The van der Waals surface area contributed by atoms with Crippen molar-refractivity contribution >= 4 is 22.7 Å². The summed E-state index contributed by atoms with van der Waals surface area (Å²) < 4.78 is 5.78. The number of hydrogen-bond acceptors (Lipinski definition) is 5. The van der Waals surface area contributed by atoms with Gasteiger partial charge in [0.25, 0.3) is 0 Å². The summed E-state index contributed by atoms with van der Waals surface area (Å²) in [5, 5.41) is 4.18. The van der Waals surface area contributed by atoms with Gasteiger partial charge in [0.15, 0.2) is 5.58 Å². The van der Waals surface area contributed by atoms with E-state index in [0.717, 1.165) is 22.4 Å². The third kappa shape index (κ3) is 2.48. The Morgan fingerprint density at radius 1 is 1.26 bits per heavy atom. The van der Waals surface area contributed by atoms with Crippen molar-refractivity contribution in [2.75, 3.05) is 0 Å². The predicted octanol–water partition coefficient (Wildman–Crippen LogP) is 2.75. The number of hydrazone groups is 1. The summed E-state index contributed by atoms with van der Waals surface area (Å²) in [6.45, 7) is 1.99.